The lowest BCUT2D eigenvalue weighted by molar-refractivity contribution is -0.113. The summed E-state index contributed by atoms with van der Waals surface area (Å²) in [5, 5.41) is 4.47. The highest BCUT2D eigenvalue weighted by Crippen LogP contribution is 2.27. The smallest absolute Gasteiger partial charge is 0.266 e. The summed E-state index contributed by atoms with van der Waals surface area (Å²) in [7, 11) is 0. The van der Waals surface area contributed by atoms with Gasteiger partial charge in [-0.3, -0.25) is 14.2 Å². The molecule has 1 heterocycles. The van der Waals surface area contributed by atoms with Crippen molar-refractivity contribution in [1.29, 1.82) is 0 Å². The first kappa shape index (κ1) is 22.1. The minimum Gasteiger partial charge on any atom is -0.325 e. The van der Waals surface area contributed by atoms with Crippen molar-refractivity contribution in [3.8, 4) is 5.69 Å². The molecule has 0 radical (unpaired) electrons. The number of thioether (sulfide) groups is 1. The molecule has 0 saturated carbocycles. The number of rotatable bonds is 5. The standard InChI is InChI=1S/C25H22ClN3O2S/c1-15-8-6-12-20(16(15)2)27-23(30)14-32-25-28-21-11-5-4-9-18(21)24(31)29(25)22-13-7-10-19(26)17(22)3/h4-13H,14H2,1-3H3,(H,27,30). The highest BCUT2D eigenvalue weighted by molar-refractivity contribution is 7.99. The van der Waals surface area contributed by atoms with E-state index < -0.39 is 0 Å². The van der Waals surface area contributed by atoms with Gasteiger partial charge in [0.2, 0.25) is 5.91 Å². The van der Waals surface area contributed by atoms with Gasteiger partial charge in [-0.25, -0.2) is 4.98 Å². The van der Waals surface area contributed by atoms with Crippen molar-refractivity contribution in [2.24, 2.45) is 0 Å². The van der Waals surface area contributed by atoms with Gasteiger partial charge in [-0.05, 0) is 67.8 Å². The van der Waals surface area contributed by atoms with Crippen LogP contribution in [-0.2, 0) is 4.79 Å². The van der Waals surface area contributed by atoms with Crippen LogP contribution in [0.25, 0.3) is 16.6 Å². The molecule has 162 valence electrons. The Morgan fingerprint density at radius 2 is 1.75 bits per heavy atom. The van der Waals surface area contributed by atoms with Crippen molar-refractivity contribution in [3.05, 3.63) is 92.7 Å². The summed E-state index contributed by atoms with van der Waals surface area (Å²) in [6.45, 7) is 5.84. The zero-order chi connectivity index (χ0) is 22.8. The number of carbonyl (C=O) groups excluding carboxylic acids is 1. The number of nitrogens with zero attached hydrogens (tertiary/aromatic N) is 2. The van der Waals surface area contributed by atoms with Crippen molar-refractivity contribution in [2.75, 3.05) is 11.1 Å². The van der Waals surface area contributed by atoms with Gasteiger partial charge in [-0.15, -0.1) is 0 Å². The third-order valence-electron chi connectivity index (χ3n) is 5.44. The first-order chi connectivity index (χ1) is 15.4. The van der Waals surface area contributed by atoms with Gasteiger partial charge in [0.1, 0.15) is 0 Å². The molecule has 4 rings (SSSR count). The predicted molar refractivity (Wildman–Crippen MR) is 132 cm³/mol. The van der Waals surface area contributed by atoms with Crippen LogP contribution in [0.15, 0.2) is 70.6 Å². The summed E-state index contributed by atoms with van der Waals surface area (Å²) in [6.07, 6.45) is 0. The van der Waals surface area contributed by atoms with Crippen molar-refractivity contribution in [2.45, 2.75) is 25.9 Å². The van der Waals surface area contributed by atoms with E-state index in [1.165, 1.54) is 11.8 Å². The molecule has 3 aromatic carbocycles. The third-order valence-corrected chi connectivity index (χ3v) is 6.78. The van der Waals surface area contributed by atoms with Crippen molar-refractivity contribution in [3.63, 3.8) is 0 Å². The van der Waals surface area contributed by atoms with Crippen LogP contribution >= 0.6 is 23.4 Å². The number of aromatic nitrogens is 2. The number of nitrogens with one attached hydrogen (secondary N) is 1. The SMILES string of the molecule is Cc1cccc(NC(=O)CSc2nc3ccccc3c(=O)n2-c2cccc(Cl)c2C)c1C. The van der Waals surface area contributed by atoms with E-state index in [1.54, 1.807) is 28.8 Å². The largest absolute Gasteiger partial charge is 0.325 e. The van der Waals surface area contributed by atoms with Gasteiger partial charge in [0.15, 0.2) is 5.16 Å². The molecule has 0 unspecified atom stereocenters. The molecule has 1 amide bonds. The summed E-state index contributed by atoms with van der Waals surface area (Å²) >= 11 is 7.54. The Kier molecular flexibility index (Phi) is 6.35. The molecular weight excluding hydrogens is 442 g/mol. The molecule has 4 aromatic rings. The van der Waals surface area contributed by atoms with Gasteiger partial charge in [0, 0.05) is 10.7 Å². The lowest BCUT2D eigenvalue weighted by atomic mass is 10.1. The third kappa shape index (κ3) is 4.29. The average Bonchev–Trinajstić information content (AvgIpc) is 2.78. The van der Waals surface area contributed by atoms with E-state index in [0.29, 0.717) is 26.8 Å². The fourth-order valence-electron chi connectivity index (χ4n) is 3.46. The quantitative estimate of drug-likeness (QED) is 0.305. The van der Waals surface area contributed by atoms with Crippen LogP contribution in [0.3, 0.4) is 0 Å². The molecule has 32 heavy (non-hydrogen) atoms. The molecule has 0 saturated heterocycles. The average molecular weight is 464 g/mol. The van der Waals surface area contributed by atoms with Crippen molar-refractivity contribution >= 4 is 45.9 Å². The van der Waals surface area contributed by atoms with Crippen LogP contribution in [0.5, 0.6) is 0 Å². The normalized spacial score (nSPS) is 11.0. The van der Waals surface area contributed by atoms with Gasteiger partial charge in [0.25, 0.3) is 5.56 Å². The molecule has 7 heteroatoms. The van der Waals surface area contributed by atoms with Crippen LogP contribution in [-0.4, -0.2) is 21.2 Å². The Morgan fingerprint density at radius 3 is 2.56 bits per heavy atom. The monoisotopic (exact) mass is 463 g/mol. The van der Waals surface area contributed by atoms with Gasteiger partial charge in [-0.2, -0.15) is 0 Å². The summed E-state index contributed by atoms with van der Waals surface area (Å²) in [5.74, 6) is -0.0573. The molecular formula is C25H22ClN3O2S. The van der Waals surface area contributed by atoms with Crippen LogP contribution in [0.1, 0.15) is 16.7 Å². The molecule has 1 aromatic heterocycles. The molecule has 1 N–H and O–H groups in total. The Hall–Kier alpha value is -3.09. The highest BCUT2D eigenvalue weighted by Gasteiger charge is 2.17. The maximum atomic E-state index is 13.4. The van der Waals surface area contributed by atoms with E-state index in [2.05, 4.69) is 5.32 Å². The second-order valence-electron chi connectivity index (χ2n) is 7.52. The summed E-state index contributed by atoms with van der Waals surface area (Å²) in [6, 6.07) is 18.4. The van der Waals surface area contributed by atoms with Crippen LogP contribution in [0.4, 0.5) is 5.69 Å². The van der Waals surface area contributed by atoms with Crippen molar-refractivity contribution < 1.29 is 4.79 Å². The zero-order valence-electron chi connectivity index (χ0n) is 18.0. The Bertz CT molecular complexity index is 1400. The Balaban J connectivity index is 1.71. The molecule has 0 aliphatic carbocycles. The maximum absolute atomic E-state index is 13.4. The second kappa shape index (κ2) is 9.18. The van der Waals surface area contributed by atoms with E-state index in [0.717, 1.165) is 22.4 Å². The number of aryl methyl sites for hydroxylation is 1. The first-order valence-corrected chi connectivity index (χ1v) is 11.5. The second-order valence-corrected chi connectivity index (χ2v) is 8.87. The summed E-state index contributed by atoms with van der Waals surface area (Å²) in [4.78, 5) is 30.8. The van der Waals surface area contributed by atoms with Crippen LogP contribution in [0, 0.1) is 20.8 Å². The fraction of sp³-hybridized carbons (Fsp3) is 0.160. The number of hydrogen-bond donors (Lipinski definition) is 1. The maximum Gasteiger partial charge on any atom is 0.266 e. The number of hydrogen-bond acceptors (Lipinski definition) is 4. The molecule has 0 bridgehead atoms. The van der Waals surface area contributed by atoms with E-state index in [4.69, 9.17) is 16.6 Å². The number of halogens is 1. The molecule has 0 fully saturated rings. The number of fused-ring (bicyclic) bond motifs is 1. The zero-order valence-corrected chi connectivity index (χ0v) is 19.6. The van der Waals surface area contributed by atoms with E-state index in [-0.39, 0.29) is 17.2 Å². The molecule has 5 nitrogen and oxygen atoms in total. The van der Waals surface area contributed by atoms with E-state index in [1.807, 2.05) is 57.2 Å². The Morgan fingerprint density at radius 1 is 1.00 bits per heavy atom. The van der Waals surface area contributed by atoms with E-state index >= 15 is 0 Å². The minimum absolute atomic E-state index is 0.109. The topological polar surface area (TPSA) is 64.0 Å². The van der Waals surface area contributed by atoms with Gasteiger partial charge in [-0.1, -0.05) is 53.7 Å². The van der Waals surface area contributed by atoms with Crippen LogP contribution in [0.2, 0.25) is 5.02 Å². The number of para-hydroxylation sites is 1. The van der Waals surface area contributed by atoms with Crippen LogP contribution < -0.4 is 10.9 Å². The lowest BCUT2D eigenvalue weighted by Crippen LogP contribution is -2.23. The fourth-order valence-corrected chi connectivity index (χ4v) is 4.44. The highest BCUT2D eigenvalue weighted by atomic mass is 35.5. The molecule has 0 aliphatic heterocycles. The minimum atomic E-state index is -0.196. The molecule has 0 aliphatic rings. The Labute approximate surface area is 195 Å². The summed E-state index contributed by atoms with van der Waals surface area (Å²) in [5.41, 5.74) is 4.74. The number of benzene rings is 3. The predicted octanol–water partition coefficient (Wildman–Crippen LogP) is 5.70. The van der Waals surface area contributed by atoms with E-state index in [9.17, 15) is 9.59 Å². The van der Waals surface area contributed by atoms with Gasteiger partial charge < -0.3 is 5.32 Å². The number of carbonyl (C=O) groups is 1. The molecule has 0 atom stereocenters. The summed E-state index contributed by atoms with van der Waals surface area (Å²) < 4.78 is 1.54. The number of anilines is 1. The van der Waals surface area contributed by atoms with Crippen molar-refractivity contribution in [1.82, 2.24) is 9.55 Å². The number of amides is 1. The van der Waals surface area contributed by atoms with Gasteiger partial charge >= 0.3 is 0 Å². The molecule has 0 spiro atoms. The van der Waals surface area contributed by atoms with Gasteiger partial charge in [0.05, 0.1) is 22.3 Å². The first-order valence-electron chi connectivity index (χ1n) is 10.1. The lowest BCUT2D eigenvalue weighted by Gasteiger charge is -2.16.